The third-order valence-corrected chi connectivity index (χ3v) is 6.50. The van der Waals surface area contributed by atoms with E-state index in [1.165, 1.54) is 22.8 Å². The average molecular weight is 407 g/mol. The summed E-state index contributed by atoms with van der Waals surface area (Å²) in [7, 11) is -3.57. The Morgan fingerprint density at radius 3 is 2.17 bits per heavy atom. The van der Waals surface area contributed by atoms with Gasteiger partial charge in [-0.25, -0.2) is 8.42 Å². The van der Waals surface area contributed by atoms with Crippen LogP contribution in [0, 0.1) is 0 Å². The van der Waals surface area contributed by atoms with E-state index >= 15 is 0 Å². The van der Waals surface area contributed by atoms with E-state index in [2.05, 4.69) is 4.98 Å². The molecule has 24 heavy (non-hydrogen) atoms. The standard InChI is InChI=1S/C15H14Cl3N3O2S/c16-11-2-1-3-12(8-11)24(22,23)21-6-4-20(5-7-21)15-13(17)9-19-10-14(15)18/h1-3,8-10H,4-7H2. The van der Waals surface area contributed by atoms with Crippen LogP contribution in [0.25, 0.3) is 0 Å². The molecule has 0 N–H and O–H groups in total. The van der Waals surface area contributed by atoms with Crippen LogP contribution >= 0.6 is 34.8 Å². The van der Waals surface area contributed by atoms with E-state index in [0.717, 1.165) is 0 Å². The van der Waals surface area contributed by atoms with E-state index in [0.29, 0.717) is 46.9 Å². The fraction of sp³-hybridized carbons (Fsp3) is 0.267. The van der Waals surface area contributed by atoms with Gasteiger partial charge in [-0.05, 0) is 18.2 Å². The van der Waals surface area contributed by atoms with Gasteiger partial charge in [0.15, 0.2) is 0 Å². The zero-order valence-electron chi connectivity index (χ0n) is 12.5. The van der Waals surface area contributed by atoms with Gasteiger partial charge < -0.3 is 4.90 Å². The van der Waals surface area contributed by atoms with Gasteiger partial charge >= 0.3 is 0 Å². The van der Waals surface area contributed by atoms with Crippen LogP contribution in [-0.2, 0) is 10.0 Å². The average Bonchev–Trinajstić information content (AvgIpc) is 2.55. The number of benzene rings is 1. The number of rotatable bonds is 3. The molecule has 1 aromatic heterocycles. The summed E-state index contributed by atoms with van der Waals surface area (Å²) in [5.41, 5.74) is 0.688. The number of aromatic nitrogens is 1. The summed E-state index contributed by atoms with van der Waals surface area (Å²) >= 11 is 18.2. The van der Waals surface area contributed by atoms with Crippen molar-refractivity contribution >= 4 is 50.5 Å². The minimum Gasteiger partial charge on any atom is -0.366 e. The molecular formula is C15H14Cl3N3O2S. The summed E-state index contributed by atoms with van der Waals surface area (Å²) in [5.74, 6) is 0. The lowest BCUT2D eigenvalue weighted by molar-refractivity contribution is 0.385. The SMILES string of the molecule is O=S(=O)(c1cccc(Cl)c1)N1CCN(c2c(Cl)cncc2Cl)CC1. The lowest BCUT2D eigenvalue weighted by Gasteiger charge is -2.36. The smallest absolute Gasteiger partial charge is 0.243 e. The fourth-order valence-electron chi connectivity index (χ4n) is 2.64. The van der Waals surface area contributed by atoms with Crippen molar-refractivity contribution in [1.82, 2.24) is 9.29 Å². The second-order valence-electron chi connectivity index (χ2n) is 5.30. The van der Waals surface area contributed by atoms with Gasteiger partial charge in [0, 0.05) is 43.6 Å². The number of anilines is 1. The molecule has 5 nitrogen and oxygen atoms in total. The largest absolute Gasteiger partial charge is 0.366 e. The van der Waals surface area contributed by atoms with Crippen molar-refractivity contribution in [2.24, 2.45) is 0 Å². The molecule has 0 amide bonds. The van der Waals surface area contributed by atoms with Crippen molar-refractivity contribution in [3.05, 3.63) is 51.7 Å². The maximum Gasteiger partial charge on any atom is 0.243 e. The van der Waals surface area contributed by atoms with Crippen LogP contribution < -0.4 is 4.90 Å². The monoisotopic (exact) mass is 405 g/mol. The molecule has 1 aromatic carbocycles. The number of pyridine rings is 1. The Labute approximate surface area is 155 Å². The molecule has 3 rings (SSSR count). The van der Waals surface area contributed by atoms with Gasteiger partial charge in [0.2, 0.25) is 10.0 Å². The molecule has 0 bridgehead atoms. The van der Waals surface area contributed by atoms with Gasteiger partial charge in [0.25, 0.3) is 0 Å². The van der Waals surface area contributed by atoms with Crippen molar-refractivity contribution in [2.45, 2.75) is 4.90 Å². The summed E-state index contributed by atoms with van der Waals surface area (Å²) in [6.45, 7) is 1.65. The van der Waals surface area contributed by atoms with Gasteiger partial charge in [0.1, 0.15) is 0 Å². The second kappa shape index (κ2) is 7.06. The first kappa shape index (κ1) is 17.8. The molecule has 1 aliphatic heterocycles. The number of piperazine rings is 1. The number of sulfonamides is 1. The first-order chi connectivity index (χ1) is 11.4. The topological polar surface area (TPSA) is 53.5 Å². The molecule has 0 radical (unpaired) electrons. The molecule has 0 spiro atoms. The van der Waals surface area contributed by atoms with Crippen LogP contribution in [0.4, 0.5) is 5.69 Å². The molecule has 0 saturated carbocycles. The summed E-state index contributed by atoms with van der Waals surface area (Å²) in [6.07, 6.45) is 3.05. The highest BCUT2D eigenvalue weighted by atomic mass is 35.5. The van der Waals surface area contributed by atoms with Crippen LogP contribution in [0.15, 0.2) is 41.6 Å². The zero-order valence-corrected chi connectivity index (χ0v) is 15.6. The van der Waals surface area contributed by atoms with Crippen LogP contribution in [0.2, 0.25) is 15.1 Å². The van der Waals surface area contributed by atoms with Crippen molar-refractivity contribution in [2.75, 3.05) is 31.1 Å². The number of hydrogen-bond acceptors (Lipinski definition) is 4. The molecule has 1 aliphatic rings. The molecule has 128 valence electrons. The van der Waals surface area contributed by atoms with Crippen molar-refractivity contribution < 1.29 is 8.42 Å². The van der Waals surface area contributed by atoms with Crippen LogP contribution in [0.1, 0.15) is 0 Å². The Bertz CT molecular complexity index is 833. The van der Waals surface area contributed by atoms with Gasteiger partial charge in [-0.15, -0.1) is 0 Å². The van der Waals surface area contributed by atoms with Crippen molar-refractivity contribution in [3.8, 4) is 0 Å². The number of hydrogen-bond donors (Lipinski definition) is 0. The predicted octanol–water partition coefficient (Wildman–Crippen LogP) is 3.55. The molecule has 0 aliphatic carbocycles. The van der Waals surface area contributed by atoms with E-state index < -0.39 is 10.0 Å². The molecule has 2 aromatic rings. The molecule has 0 atom stereocenters. The zero-order chi connectivity index (χ0) is 17.3. The Morgan fingerprint density at radius 1 is 0.958 bits per heavy atom. The first-order valence-electron chi connectivity index (χ1n) is 7.19. The van der Waals surface area contributed by atoms with E-state index in [1.54, 1.807) is 18.2 Å². The summed E-state index contributed by atoms with van der Waals surface area (Å²) in [6, 6.07) is 6.28. The van der Waals surface area contributed by atoms with Gasteiger partial charge in [-0.3, -0.25) is 4.98 Å². The Morgan fingerprint density at radius 2 is 1.58 bits per heavy atom. The third-order valence-electron chi connectivity index (χ3n) is 3.82. The molecule has 1 saturated heterocycles. The van der Waals surface area contributed by atoms with E-state index in [1.807, 2.05) is 4.90 Å². The van der Waals surface area contributed by atoms with E-state index in [9.17, 15) is 8.42 Å². The van der Waals surface area contributed by atoms with Crippen LogP contribution in [0.5, 0.6) is 0 Å². The molecular weight excluding hydrogens is 393 g/mol. The van der Waals surface area contributed by atoms with Gasteiger partial charge in [-0.2, -0.15) is 4.31 Å². The summed E-state index contributed by atoms with van der Waals surface area (Å²) in [5, 5.41) is 1.30. The highest BCUT2D eigenvalue weighted by Crippen LogP contribution is 2.33. The number of halogens is 3. The van der Waals surface area contributed by atoms with E-state index in [-0.39, 0.29) is 4.90 Å². The molecule has 1 fully saturated rings. The van der Waals surface area contributed by atoms with Gasteiger partial charge in [0.05, 0.1) is 20.6 Å². The molecule has 0 unspecified atom stereocenters. The van der Waals surface area contributed by atoms with Crippen molar-refractivity contribution in [3.63, 3.8) is 0 Å². The van der Waals surface area contributed by atoms with Crippen LogP contribution in [-0.4, -0.2) is 43.9 Å². The highest BCUT2D eigenvalue weighted by molar-refractivity contribution is 7.89. The summed E-state index contributed by atoms with van der Waals surface area (Å²) < 4.78 is 26.8. The maximum absolute atomic E-state index is 12.7. The van der Waals surface area contributed by atoms with Gasteiger partial charge in [-0.1, -0.05) is 40.9 Å². The predicted molar refractivity (Wildman–Crippen MR) is 96.7 cm³/mol. The minimum absolute atomic E-state index is 0.198. The normalized spacial score (nSPS) is 16.4. The Hall–Kier alpha value is -1.05. The fourth-order valence-corrected chi connectivity index (χ4v) is 4.96. The minimum atomic E-state index is -3.57. The lowest BCUT2D eigenvalue weighted by Crippen LogP contribution is -2.48. The molecule has 2 heterocycles. The Kier molecular flexibility index (Phi) is 5.22. The van der Waals surface area contributed by atoms with E-state index in [4.69, 9.17) is 34.8 Å². The van der Waals surface area contributed by atoms with Crippen LogP contribution in [0.3, 0.4) is 0 Å². The number of nitrogens with zero attached hydrogens (tertiary/aromatic N) is 3. The first-order valence-corrected chi connectivity index (χ1v) is 9.76. The molecule has 9 heteroatoms. The second-order valence-corrected chi connectivity index (χ2v) is 8.49. The summed E-state index contributed by atoms with van der Waals surface area (Å²) in [4.78, 5) is 6.10. The third kappa shape index (κ3) is 3.48. The lowest BCUT2D eigenvalue weighted by atomic mass is 10.3. The highest BCUT2D eigenvalue weighted by Gasteiger charge is 2.29. The maximum atomic E-state index is 12.7. The van der Waals surface area contributed by atoms with Crippen molar-refractivity contribution in [1.29, 1.82) is 0 Å². The quantitative estimate of drug-likeness (QED) is 0.782. The Balaban J connectivity index is 1.78.